The molecular weight excluding hydrogens is 353 g/mol. The van der Waals surface area contributed by atoms with E-state index in [0.717, 1.165) is 0 Å². The van der Waals surface area contributed by atoms with Crippen molar-refractivity contribution in [1.82, 2.24) is 5.32 Å². The first-order valence-electron chi connectivity index (χ1n) is 7.69. The van der Waals surface area contributed by atoms with Crippen LogP contribution in [-0.4, -0.2) is 37.1 Å². The van der Waals surface area contributed by atoms with Crippen molar-refractivity contribution in [2.45, 2.75) is 43.9 Å². The highest BCUT2D eigenvalue weighted by atomic mass is 35.5. The van der Waals surface area contributed by atoms with Gasteiger partial charge in [-0.1, -0.05) is 35.3 Å². The molecule has 1 N–H and O–H groups in total. The minimum atomic E-state index is -1.06. The van der Waals surface area contributed by atoms with Crippen LogP contribution in [-0.2, 0) is 19.0 Å². The minimum Gasteiger partial charge on any atom is -0.467 e. The van der Waals surface area contributed by atoms with E-state index in [4.69, 9.17) is 37.4 Å². The van der Waals surface area contributed by atoms with E-state index in [-0.39, 0.29) is 6.10 Å². The molecule has 24 heavy (non-hydrogen) atoms. The van der Waals surface area contributed by atoms with Gasteiger partial charge in [-0.15, -0.1) is 0 Å². The highest BCUT2D eigenvalue weighted by Gasteiger charge is 2.68. The third-order valence-corrected chi connectivity index (χ3v) is 4.80. The average molecular weight is 372 g/mol. The second-order valence-corrected chi connectivity index (χ2v) is 6.88. The summed E-state index contributed by atoms with van der Waals surface area (Å²) < 4.78 is 16.5. The highest BCUT2D eigenvalue weighted by Crippen LogP contribution is 2.51. The molecule has 1 aromatic rings. The Hall–Kier alpha value is -1.11. The maximum absolute atomic E-state index is 12.5. The van der Waals surface area contributed by atoms with Crippen LogP contribution in [0.25, 0.3) is 0 Å². The van der Waals surface area contributed by atoms with Gasteiger partial charge in [-0.05, 0) is 32.1 Å². The smallest absolute Gasteiger partial charge is 0.331 e. The van der Waals surface area contributed by atoms with E-state index in [0.29, 0.717) is 15.6 Å². The van der Waals surface area contributed by atoms with Crippen molar-refractivity contribution >= 4 is 29.2 Å². The molecule has 7 heteroatoms. The Morgan fingerprint density at radius 1 is 1.29 bits per heavy atom. The summed E-state index contributed by atoms with van der Waals surface area (Å²) in [6.07, 6.45) is 2.57. The number of benzene rings is 1. The van der Waals surface area contributed by atoms with E-state index in [2.05, 4.69) is 5.32 Å². The van der Waals surface area contributed by atoms with Crippen molar-refractivity contribution in [2.24, 2.45) is 0 Å². The van der Waals surface area contributed by atoms with Crippen molar-refractivity contribution in [3.05, 3.63) is 46.0 Å². The van der Waals surface area contributed by atoms with Crippen LogP contribution in [0.2, 0.25) is 10.0 Å². The predicted octanol–water partition coefficient (Wildman–Crippen LogP) is 3.26. The number of halogens is 2. The van der Waals surface area contributed by atoms with Crippen molar-refractivity contribution < 1.29 is 19.0 Å². The predicted molar refractivity (Wildman–Crippen MR) is 91.1 cm³/mol. The molecule has 2 aliphatic heterocycles. The van der Waals surface area contributed by atoms with Gasteiger partial charge >= 0.3 is 5.97 Å². The molecule has 5 nitrogen and oxygen atoms in total. The van der Waals surface area contributed by atoms with Crippen molar-refractivity contribution in [1.29, 1.82) is 0 Å². The molecule has 1 aromatic carbocycles. The fourth-order valence-corrected chi connectivity index (χ4v) is 3.64. The number of hydrogen-bond acceptors (Lipinski definition) is 5. The summed E-state index contributed by atoms with van der Waals surface area (Å²) >= 11 is 12.6. The van der Waals surface area contributed by atoms with Crippen LogP contribution < -0.4 is 5.32 Å². The van der Waals surface area contributed by atoms with Gasteiger partial charge in [0, 0.05) is 15.6 Å². The van der Waals surface area contributed by atoms with Crippen LogP contribution in [0, 0.1) is 0 Å². The van der Waals surface area contributed by atoms with Crippen LogP contribution in [0.15, 0.2) is 30.4 Å². The zero-order chi connectivity index (χ0) is 17.5. The van der Waals surface area contributed by atoms with E-state index in [1.807, 2.05) is 19.9 Å². The Labute approximate surface area is 150 Å². The second-order valence-electron chi connectivity index (χ2n) is 6.07. The topological polar surface area (TPSA) is 66.7 Å². The van der Waals surface area contributed by atoms with Crippen LogP contribution >= 0.6 is 23.2 Å². The van der Waals surface area contributed by atoms with E-state index in [9.17, 15) is 4.79 Å². The average Bonchev–Trinajstić information content (AvgIpc) is 3.09. The molecule has 0 bridgehead atoms. The Kier molecular flexibility index (Phi) is 4.91. The monoisotopic (exact) mass is 371 g/mol. The minimum absolute atomic E-state index is 0.00782. The molecule has 0 saturated carbocycles. The first kappa shape index (κ1) is 17.7. The van der Waals surface area contributed by atoms with E-state index >= 15 is 0 Å². The summed E-state index contributed by atoms with van der Waals surface area (Å²) in [5.74, 6) is -0.427. The van der Waals surface area contributed by atoms with Gasteiger partial charge in [0.25, 0.3) is 0 Å². The van der Waals surface area contributed by atoms with Crippen molar-refractivity contribution in [3.63, 3.8) is 0 Å². The van der Waals surface area contributed by atoms with E-state index < -0.39 is 29.9 Å². The Morgan fingerprint density at radius 2 is 1.96 bits per heavy atom. The normalized spacial score (nSPS) is 31.5. The molecule has 3 rings (SSSR count). The molecule has 1 fully saturated rings. The van der Waals surface area contributed by atoms with Crippen molar-refractivity contribution in [2.75, 3.05) is 7.11 Å². The molecule has 0 aliphatic carbocycles. The number of ether oxygens (including phenoxy) is 3. The largest absolute Gasteiger partial charge is 0.467 e. The molecule has 0 unspecified atom stereocenters. The van der Waals surface area contributed by atoms with Gasteiger partial charge in [-0.3, -0.25) is 5.32 Å². The number of rotatable bonds is 5. The lowest BCUT2D eigenvalue weighted by Crippen LogP contribution is -2.42. The molecule has 4 atom stereocenters. The summed E-state index contributed by atoms with van der Waals surface area (Å²) in [6, 6.07) is 4.84. The molecule has 0 aromatic heterocycles. The first-order valence-corrected chi connectivity index (χ1v) is 8.45. The Bertz CT molecular complexity index is 658. The zero-order valence-electron chi connectivity index (χ0n) is 13.6. The molecule has 1 saturated heterocycles. The third-order valence-electron chi connectivity index (χ3n) is 4.15. The lowest BCUT2D eigenvalue weighted by Gasteiger charge is -2.22. The number of methoxy groups -OCH3 is 1. The molecule has 0 amide bonds. The van der Waals surface area contributed by atoms with Crippen LogP contribution in [0.3, 0.4) is 0 Å². The number of carbonyl (C=O) groups is 1. The molecule has 0 spiro atoms. The summed E-state index contributed by atoms with van der Waals surface area (Å²) in [5, 5.41) is 4.15. The zero-order valence-corrected chi connectivity index (χ0v) is 15.1. The quantitative estimate of drug-likeness (QED) is 0.488. The summed E-state index contributed by atoms with van der Waals surface area (Å²) in [5.41, 5.74) is -0.397. The fourth-order valence-electron chi connectivity index (χ4n) is 3.02. The maximum Gasteiger partial charge on any atom is 0.331 e. The number of esters is 1. The Morgan fingerprint density at radius 3 is 2.54 bits per heavy atom. The third kappa shape index (κ3) is 2.95. The van der Waals surface area contributed by atoms with Crippen LogP contribution in [0.1, 0.15) is 25.5 Å². The SMILES string of the molecule is COC(=O)[C@]1([C@@H]2C=C[C@H](OC(C)C)O2)N[C@@H]1c1c(Cl)cccc1Cl. The molecule has 0 radical (unpaired) electrons. The lowest BCUT2D eigenvalue weighted by molar-refractivity contribution is -0.162. The van der Waals surface area contributed by atoms with Crippen molar-refractivity contribution in [3.8, 4) is 0 Å². The summed E-state index contributed by atoms with van der Waals surface area (Å²) in [4.78, 5) is 12.5. The van der Waals surface area contributed by atoms with Crippen LogP contribution in [0.4, 0.5) is 0 Å². The highest BCUT2D eigenvalue weighted by molar-refractivity contribution is 6.36. The van der Waals surface area contributed by atoms with Gasteiger partial charge < -0.3 is 14.2 Å². The van der Waals surface area contributed by atoms with Gasteiger partial charge in [0.05, 0.1) is 19.3 Å². The van der Waals surface area contributed by atoms with E-state index in [1.165, 1.54) is 7.11 Å². The molecular formula is C17H19Cl2NO4. The van der Waals surface area contributed by atoms with E-state index in [1.54, 1.807) is 24.3 Å². The standard InChI is InChI=1S/C17H19Cl2NO4/c1-9(2)23-13-8-7-12(24-13)17(16(21)22-3)15(20-17)14-10(18)5-4-6-11(14)19/h4-9,12-13,15,20H,1-3H3/t12-,13+,15+,17+/m0/s1. The van der Waals surface area contributed by atoms with Gasteiger partial charge in [-0.2, -0.15) is 0 Å². The fraction of sp³-hybridized carbons (Fsp3) is 0.471. The lowest BCUT2D eigenvalue weighted by atomic mass is 9.93. The summed E-state index contributed by atoms with van der Waals surface area (Å²) in [7, 11) is 1.34. The number of carbonyl (C=O) groups excluding carboxylic acids is 1. The first-order chi connectivity index (χ1) is 11.4. The van der Waals surface area contributed by atoms with Gasteiger partial charge in [0.15, 0.2) is 11.8 Å². The molecule has 130 valence electrons. The molecule has 2 heterocycles. The maximum atomic E-state index is 12.5. The van der Waals surface area contributed by atoms with Gasteiger partial charge in [0.2, 0.25) is 0 Å². The Balaban J connectivity index is 1.88. The van der Waals surface area contributed by atoms with Crippen LogP contribution in [0.5, 0.6) is 0 Å². The number of hydrogen-bond donors (Lipinski definition) is 1. The summed E-state index contributed by atoms with van der Waals surface area (Å²) in [6.45, 7) is 3.84. The van der Waals surface area contributed by atoms with Gasteiger partial charge in [0.1, 0.15) is 6.10 Å². The second kappa shape index (κ2) is 6.65. The van der Waals surface area contributed by atoms with Gasteiger partial charge in [-0.25, -0.2) is 4.79 Å². The number of nitrogens with one attached hydrogen (secondary N) is 1. The molecule has 2 aliphatic rings.